The number of hydrogen-bond acceptors (Lipinski definition) is 6. The van der Waals surface area contributed by atoms with Crippen molar-refractivity contribution in [3.63, 3.8) is 0 Å². The number of carbonyl (C=O) groups excluding carboxylic acids is 3. The van der Waals surface area contributed by atoms with Crippen molar-refractivity contribution in [3.8, 4) is 0 Å². The largest absolute Gasteiger partial charge is 0.466 e. The lowest BCUT2D eigenvalue weighted by molar-refractivity contribution is -0.139. The highest BCUT2D eigenvalue weighted by Crippen LogP contribution is 2.28. The van der Waals surface area contributed by atoms with E-state index in [0.29, 0.717) is 22.6 Å². The summed E-state index contributed by atoms with van der Waals surface area (Å²) in [4.78, 5) is 37.2. The van der Waals surface area contributed by atoms with Gasteiger partial charge in [0.25, 0.3) is 0 Å². The Morgan fingerprint density at radius 1 is 1.10 bits per heavy atom. The maximum Gasteiger partial charge on any atom is 0.342 e. The van der Waals surface area contributed by atoms with E-state index in [4.69, 9.17) is 13.9 Å². The summed E-state index contributed by atoms with van der Waals surface area (Å²) >= 11 is 0. The summed E-state index contributed by atoms with van der Waals surface area (Å²) in [6, 6.07) is 9.35. The number of benzene rings is 1. The fourth-order valence-corrected chi connectivity index (χ4v) is 3.13. The summed E-state index contributed by atoms with van der Waals surface area (Å²) in [7, 11) is 0. The Morgan fingerprint density at radius 2 is 1.83 bits per heavy atom. The number of urea groups is 1. The van der Waals surface area contributed by atoms with Crippen molar-refractivity contribution >= 4 is 18.0 Å². The van der Waals surface area contributed by atoms with Crippen LogP contribution >= 0.6 is 0 Å². The zero-order valence-corrected chi connectivity index (χ0v) is 16.4. The van der Waals surface area contributed by atoms with Crippen LogP contribution in [0.4, 0.5) is 4.79 Å². The minimum absolute atomic E-state index is 0.165. The molecule has 2 N–H and O–H groups in total. The first-order valence-electron chi connectivity index (χ1n) is 9.17. The predicted molar refractivity (Wildman–Crippen MR) is 103 cm³/mol. The number of rotatable bonds is 6. The number of nitrogens with one attached hydrogen (secondary N) is 2. The van der Waals surface area contributed by atoms with Gasteiger partial charge in [-0.15, -0.1) is 0 Å². The van der Waals surface area contributed by atoms with Crippen LogP contribution in [-0.2, 0) is 14.3 Å². The molecule has 152 valence electrons. The molecule has 1 atom stereocenters. The topological polar surface area (TPSA) is 107 Å². The molecule has 2 amide bonds. The van der Waals surface area contributed by atoms with Crippen LogP contribution in [-0.4, -0.2) is 31.2 Å². The lowest BCUT2D eigenvalue weighted by atomic mass is 9.95. The molecule has 0 fully saturated rings. The monoisotopic (exact) mass is 398 g/mol. The van der Waals surface area contributed by atoms with Gasteiger partial charge in [-0.3, -0.25) is 0 Å². The first-order chi connectivity index (χ1) is 13.9. The Labute approximate surface area is 167 Å². The van der Waals surface area contributed by atoms with E-state index in [1.54, 1.807) is 51.1 Å². The van der Waals surface area contributed by atoms with Crippen molar-refractivity contribution in [2.75, 3.05) is 13.2 Å². The lowest BCUT2D eigenvalue weighted by Crippen LogP contribution is -2.47. The normalized spacial score (nSPS) is 16.1. The molecule has 2 heterocycles. The van der Waals surface area contributed by atoms with Gasteiger partial charge in [0.2, 0.25) is 0 Å². The van der Waals surface area contributed by atoms with Gasteiger partial charge in [-0.1, -0.05) is 30.3 Å². The van der Waals surface area contributed by atoms with Crippen LogP contribution in [0.3, 0.4) is 0 Å². The Bertz CT molecular complexity index is 961. The summed E-state index contributed by atoms with van der Waals surface area (Å²) in [6.45, 7) is 4.94. The minimum Gasteiger partial charge on any atom is -0.466 e. The van der Waals surface area contributed by atoms with Gasteiger partial charge in [0.05, 0.1) is 23.9 Å². The molecule has 0 radical (unpaired) electrons. The van der Waals surface area contributed by atoms with E-state index < -0.39 is 24.0 Å². The van der Waals surface area contributed by atoms with Gasteiger partial charge >= 0.3 is 18.0 Å². The van der Waals surface area contributed by atoms with Gasteiger partial charge in [-0.2, -0.15) is 0 Å². The average molecular weight is 398 g/mol. The number of ether oxygens (including phenoxy) is 2. The highest BCUT2D eigenvalue weighted by Gasteiger charge is 2.34. The third-order valence-corrected chi connectivity index (χ3v) is 4.39. The number of esters is 2. The van der Waals surface area contributed by atoms with Crippen LogP contribution in [0.1, 0.15) is 40.4 Å². The third-order valence-electron chi connectivity index (χ3n) is 4.39. The standard InChI is InChI=1S/C21H22N2O6/c1-4-27-20(25)17-16(11-28-19(24)15-10-12(2)29-13(15)3)22-21(26)23-18(17)14-8-6-5-7-9-14/h5-10,18H,4,11H2,1-3H3,(H2,22,23,26)/t18-/m1/s1. The van der Waals surface area contributed by atoms with E-state index in [1.807, 2.05) is 6.07 Å². The van der Waals surface area contributed by atoms with Crippen LogP contribution in [0.2, 0.25) is 0 Å². The van der Waals surface area contributed by atoms with Crippen molar-refractivity contribution in [2.45, 2.75) is 26.8 Å². The van der Waals surface area contributed by atoms with Gasteiger partial charge in [-0.25, -0.2) is 14.4 Å². The smallest absolute Gasteiger partial charge is 0.342 e. The van der Waals surface area contributed by atoms with Crippen molar-refractivity contribution in [1.82, 2.24) is 10.6 Å². The highest BCUT2D eigenvalue weighted by molar-refractivity contribution is 5.95. The molecule has 0 saturated heterocycles. The second-order valence-electron chi connectivity index (χ2n) is 6.46. The number of hydrogen-bond donors (Lipinski definition) is 2. The lowest BCUT2D eigenvalue weighted by Gasteiger charge is -2.29. The molecule has 2 aromatic rings. The van der Waals surface area contributed by atoms with Crippen molar-refractivity contribution in [1.29, 1.82) is 0 Å². The Morgan fingerprint density at radius 3 is 2.45 bits per heavy atom. The molecule has 0 aliphatic carbocycles. The van der Waals surface area contributed by atoms with E-state index in [2.05, 4.69) is 10.6 Å². The molecule has 1 aromatic heterocycles. The van der Waals surface area contributed by atoms with E-state index in [-0.39, 0.29) is 24.5 Å². The first kappa shape index (κ1) is 20.2. The van der Waals surface area contributed by atoms with E-state index >= 15 is 0 Å². The van der Waals surface area contributed by atoms with Crippen LogP contribution in [0, 0.1) is 13.8 Å². The van der Waals surface area contributed by atoms with E-state index in [1.165, 1.54) is 0 Å². The molecule has 0 spiro atoms. The summed E-state index contributed by atoms with van der Waals surface area (Å²) in [5, 5.41) is 5.28. The summed E-state index contributed by atoms with van der Waals surface area (Å²) in [5.41, 5.74) is 1.36. The highest BCUT2D eigenvalue weighted by atomic mass is 16.5. The van der Waals surface area contributed by atoms with Gasteiger partial charge in [0.1, 0.15) is 23.7 Å². The maximum absolute atomic E-state index is 12.6. The molecular weight excluding hydrogens is 376 g/mol. The van der Waals surface area contributed by atoms with Crippen molar-refractivity contribution in [2.24, 2.45) is 0 Å². The van der Waals surface area contributed by atoms with E-state index in [0.717, 1.165) is 0 Å². The summed E-state index contributed by atoms with van der Waals surface area (Å²) < 4.78 is 15.9. The molecule has 1 aromatic carbocycles. The molecule has 1 aliphatic heterocycles. The van der Waals surface area contributed by atoms with Gasteiger partial charge < -0.3 is 24.5 Å². The third kappa shape index (κ3) is 4.48. The number of furan rings is 1. The molecule has 0 bridgehead atoms. The molecule has 0 saturated carbocycles. The molecule has 3 rings (SSSR count). The zero-order chi connectivity index (χ0) is 21.0. The van der Waals surface area contributed by atoms with Crippen LogP contribution < -0.4 is 10.6 Å². The van der Waals surface area contributed by atoms with Gasteiger partial charge in [0, 0.05) is 0 Å². The summed E-state index contributed by atoms with van der Waals surface area (Å²) in [5.74, 6) is -0.196. The zero-order valence-electron chi connectivity index (χ0n) is 16.4. The fourth-order valence-electron chi connectivity index (χ4n) is 3.13. The maximum atomic E-state index is 12.6. The fraction of sp³-hybridized carbons (Fsp3) is 0.286. The SMILES string of the molecule is CCOC(=O)C1=C(COC(=O)c2cc(C)oc2C)NC(=O)N[C@@H]1c1ccccc1. The first-order valence-corrected chi connectivity index (χ1v) is 9.17. The quantitative estimate of drug-likeness (QED) is 0.725. The van der Waals surface area contributed by atoms with Crippen LogP contribution in [0.25, 0.3) is 0 Å². The predicted octanol–water partition coefficient (Wildman–Crippen LogP) is 2.92. The average Bonchev–Trinajstić information content (AvgIpc) is 3.04. The Kier molecular flexibility index (Phi) is 6.01. The Hall–Kier alpha value is -3.55. The van der Waals surface area contributed by atoms with Gasteiger partial charge in [-0.05, 0) is 32.4 Å². The minimum atomic E-state index is -0.726. The van der Waals surface area contributed by atoms with Crippen LogP contribution in [0.5, 0.6) is 0 Å². The van der Waals surface area contributed by atoms with Crippen molar-refractivity contribution < 1.29 is 28.3 Å². The molecule has 8 nitrogen and oxygen atoms in total. The molecule has 0 unspecified atom stereocenters. The number of aryl methyl sites for hydroxylation is 2. The molecule has 1 aliphatic rings. The second-order valence-corrected chi connectivity index (χ2v) is 6.46. The van der Waals surface area contributed by atoms with Crippen LogP contribution in [0.15, 0.2) is 52.1 Å². The van der Waals surface area contributed by atoms with E-state index in [9.17, 15) is 14.4 Å². The molecule has 8 heteroatoms. The number of carbonyl (C=O) groups is 3. The van der Waals surface area contributed by atoms with Gasteiger partial charge in [0.15, 0.2) is 0 Å². The Balaban J connectivity index is 1.92. The molecular formula is C21H22N2O6. The second kappa shape index (κ2) is 8.64. The number of amides is 2. The molecule has 29 heavy (non-hydrogen) atoms. The van der Waals surface area contributed by atoms with Crippen molar-refractivity contribution in [3.05, 3.63) is 70.3 Å². The summed E-state index contributed by atoms with van der Waals surface area (Å²) in [6.07, 6.45) is 0.